The summed E-state index contributed by atoms with van der Waals surface area (Å²) in [6, 6.07) is 12.8. The predicted octanol–water partition coefficient (Wildman–Crippen LogP) is 2.57. The number of benzene rings is 2. The highest BCUT2D eigenvalue weighted by atomic mass is 32.1. The molecule has 9 heteroatoms. The van der Waals surface area contributed by atoms with Gasteiger partial charge >= 0.3 is 5.97 Å². The number of ether oxygens (including phenoxy) is 1. The van der Waals surface area contributed by atoms with Crippen LogP contribution in [-0.2, 0) is 11.3 Å². The Morgan fingerprint density at radius 2 is 1.70 bits per heavy atom. The summed E-state index contributed by atoms with van der Waals surface area (Å²) in [4.78, 5) is 44.8. The number of hydrogen-bond acceptors (Lipinski definition) is 5. The summed E-state index contributed by atoms with van der Waals surface area (Å²) in [6.07, 6.45) is 6.16. The summed E-state index contributed by atoms with van der Waals surface area (Å²) in [5, 5.41) is 0.433. The number of aromatic amines is 1. The standard InChI is InChI=1S/C28H32N4O4S/c1-36-27(35)21-9-10-23-24(17-21)29-28(37)32(26(23)34)18-19-5-7-20(8-6-19)25(33)31-15-11-22(12-16-31)30-13-3-2-4-14-30/h5-10,17,22H,2-4,11-16,18H2,1H3,(H,29,37)/p+1. The molecule has 0 bridgehead atoms. The van der Waals surface area contributed by atoms with Crippen molar-refractivity contribution >= 4 is 35.0 Å². The van der Waals surface area contributed by atoms with Crippen LogP contribution in [0.1, 0.15) is 58.4 Å². The van der Waals surface area contributed by atoms with Crippen molar-refractivity contribution in [2.24, 2.45) is 0 Å². The van der Waals surface area contributed by atoms with E-state index in [0.29, 0.717) is 28.1 Å². The number of likely N-dealkylation sites (tertiary alicyclic amines) is 2. The number of carbonyl (C=O) groups is 2. The molecule has 2 fully saturated rings. The number of esters is 1. The molecule has 0 aliphatic carbocycles. The van der Waals surface area contributed by atoms with Gasteiger partial charge in [0.15, 0.2) is 4.77 Å². The molecular weight excluding hydrogens is 488 g/mol. The van der Waals surface area contributed by atoms with Crippen molar-refractivity contribution in [2.45, 2.75) is 44.7 Å². The first-order chi connectivity index (χ1) is 17.9. The first-order valence-corrected chi connectivity index (χ1v) is 13.4. The minimum Gasteiger partial charge on any atom is -0.465 e. The molecule has 1 amide bonds. The van der Waals surface area contributed by atoms with Gasteiger partial charge in [-0.15, -0.1) is 0 Å². The summed E-state index contributed by atoms with van der Waals surface area (Å²) in [5.74, 6) is -0.410. The van der Waals surface area contributed by atoms with Gasteiger partial charge in [0, 0.05) is 31.5 Å². The van der Waals surface area contributed by atoms with Crippen LogP contribution < -0.4 is 10.5 Å². The van der Waals surface area contributed by atoms with Crippen LogP contribution in [0.5, 0.6) is 0 Å². The molecule has 2 N–H and O–H groups in total. The average Bonchev–Trinajstić information content (AvgIpc) is 2.95. The van der Waals surface area contributed by atoms with Crippen molar-refractivity contribution in [3.05, 3.63) is 74.3 Å². The third kappa shape index (κ3) is 5.38. The minimum atomic E-state index is -0.479. The fourth-order valence-corrected chi connectivity index (χ4v) is 5.92. The maximum absolute atomic E-state index is 13.1. The number of nitrogens with one attached hydrogen (secondary N) is 2. The van der Waals surface area contributed by atoms with Crippen molar-refractivity contribution in [1.29, 1.82) is 0 Å². The van der Waals surface area contributed by atoms with E-state index in [4.69, 9.17) is 17.0 Å². The van der Waals surface area contributed by atoms with Crippen molar-refractivity contribution in [3.8, 4) is 0 Å². The number of rotatable bonds is 5. The Morgan fingerprint density at radius 1 is 1.03 bits per heavy atom. The number of carbonyl (C=O) groups excluding carboxylic acids is 2. The van der Waals surface area contributed by atoms with Gasteiger partial charge in [0.05, 0.1) is 49.3 Å². The Kier molecular flexibility index (Phi) is 7.53. The predicted molar refractivity (Wildman–Crippen MR) is 144 cm³/mol. The third-order valence-corrected chi connectivity index (χ3v) is 8.12. The van der Waals surface area contributed by atoms with Crippen LogP contribution in [0, 0.1) is 4.77 Å². The molecular formula is C28H33N4O4S+. The molecule has 5 rings (SSSR count). The zero-order valence-electron chi connectivity index (χ0n) is 21.1. The molecule has 3 aromatic rings. The van der Waals surface area contributed by atoms with Crippen LogP contribution in [0.4, 0.5) is 0 Å². The SMILES string of the molecule is COC(=O)c1ccc2c(=O)n(Cc3ccc(C(=O)N4CCC([NH+]5CCCCC5)CC4)cc3)c(=S)[nH]c2c1. The van der Waals surface area contributed by atoms with Crippen molar-refractivity contribution in [3.63, 3.8) is 0 Å². The smallest absolute Gasteiger partial charge is 0.337 e. The minimum absolute atomic E-state index is 0.0696. The van der Waals surface area contributed by atoms with Gasteiger partial charge in [-0.3, -0.25) is 14.2 Å². The van der Waals surface area contributed by atoms with E-state index in [1.54, 1.807) is 23.1 Å². The molecule has 1 aromatic heterocycles. The lowest BCUT2D eigenvalue weighted by Crippen LogP contribution is -3.16. The maximum Gasteiger partial charge on any atom is 0.337 e. The van der Waals surface area contributed by atoms with Crippen molar-refractivity contribution in [2.75, 3.05) is 33.3 Å². The van der Waals surface area contributed by atoms with Crippen LogP contribution >= 0.6 is 12.2 Å². The molecule has 8 nitrogen and oxygen atoms in total. The number of piperidine rings is 2. The van der Waals surface area contributed by atoms with Crippen molar-refractivity contribution in [1.82, 2.24) is 14.5 Å². The lowest BCUT2D eigenvalue weighted by Gasteiger charge is -2.37. The number of quaternary nitrogens is 1. The number of methoxy groups -OCH3 is 1. The maximum atomic E-state index is 13.1. The van der Waals surface area contributed by atoms with Gasteiger partial charge in [-0.1, -0.05) is 12.1 Å². The largest absolute Gasteiger partial charge is 0.465 e. The zero-order valence-corrected chi connectivity index (χ0v) is 21.9. The van der Waals surface area contributed by atoms with E-state index in [-0.39, 0.29) is 22.8 Å². The Morgan fingerprint density at radius 3 is 2.38 bits per heavy atom. The van der Waals surface area contributed by atoms with Gasteiger partial charge in [0.2, 0.25) is 0 Å². The number of H-pyrrole nitrogens is 1. The Hall–Kier alpha value is -3.30. The lowest BCUT2D eigenvalue weighted by molar-refractivity contribution is -0.931. The van der Waals surface area contributed by atoms with E-state index in [9.17, 15) is 14.4 Å². The van der Waals surface area contributed by atoms with E-state index < -0.39 is 5.97 Å². The van der Waals surface area contributed by atoms with Crippen LogP contribution in [0.25, 0.3) is 10.9 Å². The molecule has 0 atom stereocenters. The average molecular weight is 522 g/mol. The molecule has 2 saturated heterocycles. The summed E-state index contributed by atoms with van der Waals surface area (Å²) in [5.41, 5.74) is 2.12. The second kappa shape index (κ2) is 11.0. The number of fused-ring (bicyclic) bond motifs is 1. The highest BCUT2D eigenvalue weighted by molar-refractivity contribution is 7.71. The fourth-order valence-electron chi connectivity index (χ4n) is 5.67. The Labute approximate surface area is 220 Å². The monoisotopic (exact) mass is 521 g/mol. The highest BCUT2D eigenvalue weighted by Gasteiger charge is 2.30. The van der Waals surface area contributed by atoms with Gasteiger partial charge < -0.3 is 19.5 Å². The van der Waals surface area contributed by atoms with Crippen LogP contribution in [0.2, 0.25) is 0 Å². The molecule has 2 aliphatic rings. The van der Waals surface area contributed by atoms with E-state index in [0.717, 1.165) is 31.5 Å². The van der Waals surface area contributed by atoms with Crippen LogP contribution in [0.15, 0.2) is 47.3 Å². The Bertz CT molecular complexity index is 1410. The number of amides is 1. The second-order valence-electron chi connectivity index (χ2n) is 10.1. The topological polar surface area (TPSA) is 88.8 Å². The molecule has 3 heterocycles. The first-order valence-electron chi connectivity index (χ1n) is 13.0. The van der Waals surface area contributed by atoms with Gasteiger partial charge in [0.1, 0.15) is 0 Å². The van der Waals surface area contributed by atoms with Gasteiger partial charge in [-0.25, -0.2) is 4.79 Å². The first kappa shape index (κ1) is 25.4. The van der Waals surface area contributed by atoms with Crippen LogP contribution in [-0.4, -0.2) is 65.7 Å². The van der Waals surface area contributed by atoms with Crippen molar-refractivity contribution < 1.29 is 19.2 Å². The van der Waals surface area contributed by atoms with E-state index in [2.05, 4.69) is 4.98 Å². The van der Waals surface area contributed by atoms with Crippen LogP contribution in [0.3, 0.4) is 0 Å². The number of aromatic nitrogens is 2. The molecule has 194 valence electrons. The van der Waals surface area contributed by atoms with E-state index >= 15 is 0 Å². The molecule has 2 aliphatic heterocycles. The highest BCUT2D eigenvalue weighted by Crippen LogP contribution is 2.16. The molecule has 0 unspecified atom stereocenters. The normalized spacial score (nSPS) is 17.2. The quantitative estimate of drug-likeness (QED) is 0.398. The number of nitrogens with zero attached hydrogens (tertiary/aromatic N) is 2. The molecule has 37 heavy (non-hydrogen) atoms. The fraction of sp³-hybridized carbons (Fsp3) is 0.429. The van der Waals surface area contributed by atoms with Gasteiger partial charge in [0.25, 0.3) is 11.5 Å². The number of hydrogen-bond donors (Lipinski definition) is 2. The molecule has 0 saturated carbocycles. The van der Waals surface area contributed by atoms with E-state index in [1.165, 1.54) is 44.0 Å². The van der Waals surface area contributed by atoms with Gasteiger partial charge in [-0.2, -0.15) is 0 Å². The lowest BCUT2D eigenvalue weighted by atomic mass is 9.99. The third-order valence-electron chi connectivity index (χ3n) is 7.80. The summed E-state index contributed by atoms with van der Waals surface area (Å²) in [6.45, 7) is 4.46. The van der Waals surface area contributed by atoms with Gasteiger partial charge in [-0.05, 0) is 67.4 Å². The molecule has 2 aromatic carbocycles. The second-order valence-corrected chi connectivity index (χ2v) is 10.4. The van der Waals surface area contributed by atoms with E-state index in [1.807, 2.05) is 29.2 Å². The summed E-state index contributed by atoms with van der Waals surface area (Å²) in [7, 11) is 1.31. The zero-order chi connectivity index (χ0) is 25.9. The molecule has 0 radical (unpaired) electrons. The Balaban J connectivity index is 1.26. The summed E-state index contributed by atoms with van der Waals surface area (Å²) >= 11 is 5.44. The summed E-state index contributed by atoms with van der Waals surface area (Å²) < 4.78 is 6.50. The molecule has 0 spiro atoms.